The fraction of sp³-hybridized carbons (Fsp3) is 0.698. The molecular weight excluding hydrogens is 981 g/mol. The van der Waals surface area contributed by atoms with E-state index in [2.05, 4.69) is 225 Å². The first kappa shape index (κ1) is 69.8. The smallest absolute Gasteiger partial charge is 0.192 e. The maximum atomic E-state index is 11.1. The van der Waals surface area contributed by atoms with Gasteiger partial charge in [-0.1, -0.05) is 197 Å². The van der Waals surface area contributed by atoms with Gasteiger partial charge in [-0.15, -0.1) is 0 Å². The first-order chi connectivity index (χ1) is 33.7. The Morgan fingerprint density at radius 2 is 0.986 bits per heavy atom. The van der Waals surface area contributed by atoms with Crippen LogP contribution >= 0.6 is 0 Å². The van der Waals surface area contributed by atoms with Crippen molar-refractivity contribution < 1.29 is 32.0 Å². The molecule has 11 heteroatoms. The Morgan fingerprint density at radius 1 is 0.527 bits per heavy atom. The summed E-state index contributed by atoms with van der Waals surface area (Å²) >= 11 is 0. The van der Waals surface area contributed by atoms with Crippen LogP contribution in [0.1, 0.15) is 143 Å². The van der Waals surface area contributed by atoms with E-state index in [1.807, 2.05) is 30.4 Å². The van der Waals surface area contributed by atoms with Crippen molar-refractivity contribution >= 4 is 39.6 Å². The predicted molar refractivity (Wildman–Crippen MR) is 331 cm³/mol. The first-order valence-corrected chi connectivity index (χ1v) is 39.7. The van der Waals surface area contributed by atoms with Crippen LogP contribution in [-0.4, -0.2) is 77.2 Å². The highest BCUT2D eigenvalue weighted by atomic mass is 28.4. The van der Waals surface area contributed by atoms with Gasteiger partial charge in [0, 0.05) is 18.3 Å². The molecule has 424 valence electrons. The van der Waals surface area contributed by atoms with Crippen LogP contribution < -0.4 is 4.74 Å². The summed E-state index contributed by atoms with van der Waals surface area (Å²) in [6.45, 7) is 62.6. The molecule has 0 spiro atoms. The first-order valence-electron chi connectivity index (χ1n) is 28.1. The molecular formula is C63H114O7Si4. The lowest BCUT2D eigenvalue weighted by molar-refractivity contribution is -0.104. The number of rotatable bonds is 31. The van der Waals surface area contributed by atoms with Gasteiger partial charge in [0.2, 0.25) is 0 Å². The van der Waals surface area contributed by atoms with Crippen molar-refractivity contribution in [2.45, 2.75) is 247 Å². The van der Waals surface area contributed by atoms with Crippen molar-refractivity contribution in [1.82, 2.24) is 0 Å². The Morgan fingerprint density at radius 3 is 1.47 bits per heavy atom. The van der Waals surface area contributed by atoms with Gasteiger partial charge < -0.3 is 27.2 Å². The second-order valence-electron chi connectivity index (χ2n) is 27.7. The Hall–Kier alpha value is -2.20. The number of aldehydes is 1. The summed E-state index contributed by atoms with van der Waals surface area (Å²) in [6, 6.07) is 8.16. The van der Waals surface area contributed by atoms with Crippen molar-refractivity contribution in [3.05, 3.63) is 103 Å². The second-order valence-corrected chi connectivity index (χ2v) is 46.7. The van der Waals surface area contributed by atoms with E-state index in [9.17, 15) is 4.79 Å². The van der Waals surface area contributed by atoms with Crippen molar-refractivity contribution in [2.75, 3.05) is 7.11 Å². The van der Waals surface area contributed by atoms with Crippen LogP contribution in [0.2, 0.25) is 72.5 Å². The third kappa shape index (κ3) is 22.6. The van der Waals surface area contributed by atoms with Crippen LogP contribution in [0.4, 0.5) is 0 Å². The Balaban J connectivity index is 3.83. The highest BCUT2D eigenvalue weighted by Gasteiger charge is 2.45. The third-order valence-corrected chi connectivity index (χ3v) is 35.2. The molecule has 74 heavy (non-hydrogen) atoms. The standard InChI is InChI=1S/C63H114O7Si4/c1-28-29-35-50(4)59(66-47-53-40-43-54(65-19)44-41-53)52(6)56(68-72(22,23)61(10,11)12)38-33-32-37-49(3)58(70-74(26,27)63(16,17)18)51(5)39-42-55(67-71(20,21)60(7,8)9)46-57(48(2)36-31-30-34-45-64)69-73(24,25)62(13,14)15/h28-32,34-37,39-45,48-52,55-59H,1,33,38,46-47H2,2-27H3/b34-30-,35-29-,36-31+,37-32-,42-39-/t48-,49+,50+,51+,52+,55+,56-,57+,58-,59+/m1/s1. The summed E-state index contributed by atoms with van der Waals surface area (Å²) in [5.41, 5.74) is 1.11. The number of methoxy groups -OCH3 is 1. The Bertz CT molecular complexity index is 1950. The molecule has 0 aromatic heterocycles. The van der Waals surface area contributed by atoms with Crippen LogP contribution in [0.5, 0.6) is 5.75 Å². The zero-order valence-electron chi connectivity index (χ0n) is 52.4. The highest BCUT2D eigenvalue weighted by Crippen LogP contribution is 2.44. The van der Waals surface area contributed by atoms with Crippen LogP contribution in [0.15, 0.2) is 97.7 Å². The van der Waals surface area contributed by atoms with Crippen molar-refractivity contribution in [3.8, 4) is 5.75 Å². The minimum atomic E-state index is -2.22. The number of benzene rings is 1. The summed E-state index contributed by atoms with van der Waals surface area (Å²) in [5.74, 6) is 1.44. The topological polar surface area (TPSA) is 72.5 Å². The largest absolute Gasteiger partial charge is 0.497 e. The lowest BCUT2D eigenvalue weighted by atomic mass is 9.86. The fourth-order valence-corrected chi connectivity index (χ4v) is 13.5. The third-order valence-electron chi connectivity index (χ3n) is 17.3. The van der Waals surface area contributed by atoms with Gasteiger partial charge in [0.15, 0.2) is 33.3 Å². The number of allylic oxidation sites excluding steroid dienone is 6. The molecule has 0 saturated heterocycles. The lowest BCUT2D eigenvalue weighted by Crippen LogP contribution is -2.48. The zero-order valence-corrected chi connectivity index (χ0v) is 56.4. The summed E-state index contributed by atoms with van der Waals surface area (Å²) in [4.78, 5) is 11.1. The number of carbonyl (C=O) groups is 1. The van der Waals surface area contributed by atoms with Crippen LogP contribution in [-0.2, 0) is 33.8 Å². The molecule has 0 radical (unpaired) electrons. The second kappa shape index (κ2) is 29.7. The predicted octanol–water partition coefficient (Wildman–Crippen LogP) is 18.7. The summed E-state index contributed by atoms with van der Waals surface area (Å²) < 4.78 is 41.9. The monoisotopic (exact) mass is 1090 g/mol. The van der Waals surface area contributed by atoms with E-state index in [4.69, 9.17) is 27.2 Å². The van der Waals surface area contributed by atoms with E-state index in [0.717, 1.165) is 36.9 Å². The van der Waals surface area contributed by atoms with Crippen molar-refractivity contribution in [3.63, 3.8) is 0 Å². The molecule has 0 amide bonds. The van der Waals surface area contributed by atoms with Crippen LogP contribution in [0, 0.1) is 29.6 Å². The van der Waals surface area contributed by atoms with Gasteiger partial charge in [0.1, 0.15) is 12.0 Å². The molecule has 7 nitrogen and oxygen atoms in total. The van der Waals surface area contributed by atoms with Gasteiger partial charge in [-0.2, -0.15) is 0 Å². The molecule has 1 rings (SSSR count). The van der Waals surface area contributed by atoms with Gasteiger partial charge in [-0.3, -0.25) is 4.79 Å². The maximum Gasteiger partial charge on any atom is 0.192 e. The minimum Gasteiger partial charge on any atom is -0.497 e. The average Bonchev–Trinajstić information content (AvgIpc) is 3.26. The number of hydrogen-bond donors (Lipinski definition) is 0. The molecule has 10 atom stereocenters. The summed E-state index contributed by atoms with van der Waals surface area (Å²) in [7, 11) is -7.07. The van der Waals surface area contributed by atoms with E-state index in [0.29, 0.717) is 6.61 Å². The van der Waals surface area contributed by atoms with Crippen LogP contribution in [0.3, 0.4) is 0 Å². The number of carbonyl (C=O) groups excluding carboxylic acids is 1. The molecule has 0 aliphatic rings. The van der Waals surface area contributed by atoms with Gasteiger partial charge in [0.05, 0.1) is 44.2 Å². The van der Waals surface area contributed by atoms with E-state index in [1.54, 1.807) is 13.2 Å². The fourth-order valence-electron chi connectivity index (χ4n) is 7.90. The van der Waals surface area contributed by atoms with Gasteiger partial charge in [-0.05, 0) is 127 Å². The molecule has 0 unspecified atom stereocenters. The molecule has 0 N–H and O–H groups in total. The van der Waals surface area contributed by atoms with Crippen molar-refractivity contribution in [1.29, 1.82) is 0 Å². The van der Waals surface area contributed by atoms with E-state index < -0.39 is 33.3 Å². The minimum absolute atomic E-state index is 0.00858. The van der Waals surface area contributed by atoms with E-state index >= 15 is 0 Å². The van der Waals surface area contributed by atoms with Gasteiger partial charge in [0.25, 0.3) is 0 Å². The van der Waals surface area contributed by atoms with Crippen molar-refractivity contribution in [2.24, 2.45) is 29.6 Å². The molecule has 0 aliphatic heterocycles. The van der Waals surface area contributed by atoms with Gasteiger partial charge in [-0.25, -0.2) is 0 Å². The number of ether oxygens (including phenoxy) is 2. The van der Waals surface area contributed by atoms with E-state index in [-0.39, 0.29) is 80.3 Å². The lowest BCUT2D eigenvalue weighted by Gasteiger charge is -2.43. The Kier molecular flexibility index (Phi) is 28.0. The molecule has 0 heterocycles. The normalized spacial score (nSPS) is 18.5. The highest BCUT2D eigenvalue weighted by molar-refractivity contribution is 6.75. The van der Waals surface area contributed by atoms with E-state index in [1.165, 1.54) is 6.08 Å². The maximum absolute atomic E-state index is 11.1. The molecule has 0 saturated carbocycles. The molecule has 1 aromatic rings. The SMILES string of the molecule is C=C/C=C\[C@H](C)[C@H](OCc1ccc(OC)cc1)[C@@H](C)[C@@H](CC/C=C\[C@H](C)[C@@H](O[Si](C)(C)C(C)(C)C)[C@@H](C)/C=C\[C@@H](C[C@H](O[Si](C)(C)C(C)(C)C)[C@H](C)/C=C/C=C\C=O)O[Si](C)(C)C(C)(C)C)O[Si](C)(C)C(C)(C)C. The summed E-state index contributed by atoms with van der Waals surface area (Å²) in [6.07, 6.45) is 26.0. The zero-order chi connectivity index (χ0) is 57.3. The summed E-state index contributed by atoms with van der Waals surface area (Å²) in [5, 5.41) is 0.160. The molecule has 0 aliphatic carbocycles. The molecule has 0 bridgehead atoms. The average molecular weight is 1100 g/mol. The molecule has 1 aromatic carbocycles. The van der Waals surface area contributed by atoms with Crippen LogP contribution in [0.25, 0.3) is 0 Å². The Labute approximate surface area is 461 Å². The quantitative estimate of drug-likeness (QED) is 0.0241. The number of hydrogen-bond acceptors (Lipinski definition) is 7. The molecule has 0 fully saturated rings. The van der Waals surface area contributed by atoms with Gasteiger partial charge >= 0.3 is 0 Å².